The molecule has 2 N–H and O–H groups in total. The molecule has 0 rings (SSSR count). The zero-order valence-corrected chi connectivity index (χ0v) is 6.28. The van der Waals surface area contributed by atoms with Crippen LogP contribution in [-0.4, -0.2) is 23.2 Å². The SMILES string of the molecule is CCCC.O=CO.O=CO. The number of carboxylic acid groups (broad SMARTS) is 2. The summed E-state index contributed by atoms with van der Waals surface area (Å²) in [5.74, 6) is 0. The standard InChI is InChI=1S/C4H10.2CH2O2/c1-3-4-2;2*2-1-3/h3-4H2,1-2H3;2*1H,(H,2,3). The van der Waals surface area contributed by atoms with E-state index in [0.29, 0.717) is 0 Å². The average molecular weight is 150 g/mol. The molecule has 0 aromatic rings. The van der Waals surface area contributed by atoms with E-state index in [0.717, 1.165) is 0 Å². The zero-order chi connectivity index (χ0) is 8.83. The highest BCUT2D eigenvalue weighted by Crippen LogP contribution is 1.76. The summed E-state index contributed by atoms with van der Waals surface area (Å²) in [4.78, 5) is 16.7. The zero-order valence-electron chi connectivity index (χ0n) is 6.28. The van der Waals surface area contributed by atoms with Crippen LogP contribution in [-0.2, 0) is 9.59 Å². The Morgan fingerprint density at radius 1 is 1.00 bits per heavy atom. The smallest absolute Gasteiger partial charge is 0.290 e. The van der Waals surface area contributed by atoms with Crippen molar-refractivity contribution in [3.05, 3.63) is 0 Å². The molecule has 0 aliphatic carbocycles. The van der Waals surface area contributed by atoms with E-state index in [4.69, 9.17) is 19.8 Å². The van der Waals surface area contributed by atoms with Crippen molar-refractivity contribution in [1.29, 1.82) is 0 Å². The Morgan fingerprint density at radius 2 is 1.10 bits per heavy atom. The second-order valence-electron chi connectivity index (χ2n) is 1.21. The van der Waals surface area contributed by atoms with Gasteiger partial charge in [0.05, 0.1) is 0 Å². The lowest BCUT2D eigenvalue weighted by Crippen LogP contribution is -1.49. The van der Waals surface area contributed by atoms with Gasteiger partial charge in [-0.3, -0.25) is 9.59 Å². The molecule has 0 spiro atoms. The van der Waals surface area contributed by atoms with Gasteiger partial charge in [-0.1, -0.05) is 26.7 Å². The summed E-state index contributed by atoms with van der Waals surface area (Å²) in [7, 11) is 0. The van der Waals surface area contributed by atoms with Gasteiger partial charge < -0.3 is 10.2 Å². The van der Waals surface area contributed by atoms with Crippen molar-refractivity contribution in [3.63, 3.8) is 0 Å². The van der Waals surface area contributed by atoms with E-state index in [1.165, 1.54) is 12.8 Å². The lowest BCUT2D eigenvalue weighted by Gasteiger charge is -1.68. The maximum atomic E-state index is 8.36. The molecule has 0 aromatic carbocycles. The lowest BCUT2D eigenvalue weighted by atomic mass is 10.4. The summed E-state index contributed by atoms with van der Waals surface area (Å²) in [5, 5.41) is 13.8. The molecule has 0 atom stereocenters. The van der Waals surface area contributed by atoms with Gasteiger partial charge in [0.15, 0.2) is 0 Å². The van der Waals surface area contributed by atoms with Gasteiger partial charge in [-0.2, -0.15) is 0 Å². The number of unbranched alkanes of at least 4 members (excludes halogenated alkanes) is 1. The van der Waals surface area contributed by atoms with Gasteiger partial charge in [-0.25, -0.2) is 0 Å². The Morgan fingerprint density at radius 3 is 1.10 bits per heavy atom. The maximum absolute atomic E-state index is 8.36. The van der Waals surface area contributed by atoms with Gasteiger partial charge in [0.1, 0.15) is 0 Å². The molecule has 10 heavy (non-hydrogen) atoms. The average Bonchev–Trinajstić information content (AvgIpc) is 1.91. The summed E-state index contributed by atoms with van der Waals surface area (Å²) in [6, 6.07) is 0. The molecule has 0 bridgehead atoms. The minimum atomic E-state index is -0.250. The van der Waals surface area contributed by atoms with Crippen LogP contribution in [0.3, 0.4) is 0 Å². The van der Waals surface area contributed by atoms with Crippen LogP contribution >= 0.6 is 0 Å². The van der Waals surface area contributed by atoms with E-state index in [1.807, 2.05) is 0 Å². The first-order chi connectivity index (χ1) is 4.74. The predicted molar refractivity (Wildman–Crippen MR) is 38.0 cm³/mol. The van der Waals surface area contributed by atoms with Crippen LogP contribution in [0.5, 0.6) is 0 Å². The highest BCUT2D eigenvalue weighted by molar-refractivity contribution is 5.32. The topological polar surface area (TPSA) is 74.6 Å². The first-order valence-corrected chi connectivity index (χ1v) is 2.90. The molecular weight excluding hydrogens is 136 g/mol. The van der Waals surface area contributed by atoms with Gasteiger partial charge in [0.25, 0.3) is 12.9 Å². The number of rotatable bonds is 1. The second-order valence-corrected chi connectivity index (χ2v) is 1.21. The maximum Gasteiger partial charge on any atom is 0.290 e. The fraction of sp³-hybridized carbons (Fsp3) is 0.667. The van der Waals surface area contributed by atoms with Gasteiger partial charge >= 0.3 is 0 Å². The molecule has 0 saturated carbocycles. The van der Waals surface area contributed by atoms with Crippen molar-refractivity contribution in [1.82, 2.24) is 0 Å². The van der Waals surface area contributed by atoms with Crippen LogP contribution in [0.25, 0.3) is 0 Å². The van der Waals surface area contributed by atoms with E-state index in [9.17, 15) is 0 Å². The van der Waals surface area contributed by atoms with E-state index in [1.54, 1.807) is 0 Å². The van der Waals surface area contributed by atoms with Gasteiger partial charge in [0, 0.05) is 0 Å². The molecule has 4 heteroatoms. The third-order valence-corrected chi connectivity index (χ3v) is 0.500. The Hall–Kier alpha value is -1.06. The fourth-order valence-corrected chi connectivity index (χ4v) is 0. The number of carbonyl (C=O) groups is 2. The highest BCUT2D eigenvalue weighted by atomic mass is 16.3. The molecule has 0 amide bonds. The first-order valence-electron chi connectivity index (χ1n) is 2.90. The third-order valence-electron chi connectivity index (χ3n) is 0.500. The molecular formula is C6H14O4. The monoisotopic (exact) mass is 150 g/mol. The largest absolute Gasteiger partial charge is 0.483 e. The Kier molecular flexibility index (Phi) is 70.7. The molecule has 0 unspecified atom stereocenters. The molecule has 0 heterocycles. The van der Waals surface area contributed by atoms with Crippen LogP contribution in [0.2, 0.25) is 0 Å². The van der Waals surface area contributed by atoms with Crippen LogP contribution in [0.1, 0.15) is 26.7 Å². The third kappa shape index (κ3) is 68000. The highest BCUT2D eigenvalue weighted by Gasteiger charge is 1.56. The van der Waals surface area contributed by atoms with Gasteiger partial charge in [-0.05, 0) is 0 Å². The number of hydrogen-bond acceptors (Lipinski definition) is 2. The van der Waals surface area contributed by atoms with E-state index in [-0.39, 0.29) is 12.9 Å². The molecule has 0 aromatic heterocycles. The van der Waals surface area contributed by atoms with Gasteiger partial charge in [-0.15, -0.1) is 0 Å². The fourth-order valence-electron chi connectivity index (χ4n) is 0. The van der Waals surface area contributed by atoms with Crippen molar-refractivity contribution in [2.24, 2.45) is 0 Å². The minimum Gasteiger partial charge on any atom is -0.483 e. The van der Waals surface area contributed by atoms with E-state index < -0.39 is 0 Å². The Labute approximate surface area is 60.5 Å². The van der Waals surface area contributed by atoms with Crippen LogP contribution < -0.4 is 0 Å². The summed E-state index contributed by atoms with van der Waals surface area (Å²) in [6.07, 6.45) is 2.64. The summed E-state index contributed by atoms with van der Waals surface area (Å²) < 4.78 is 0. The molecule has 62 valence electrons. The van der Waals surface area contributed by atoms with Crippen molar-refractivity contribution in [2.45, 2.75) is 26.7 Å². The molecule has 0 fully saturated rings. The number of hydrogen-bond donors (Lipinski definition) is 2. The minimum absolute atomic E-state index is 0.250. The van der Waals surface area contributed by atoms with Crippen LogP contribution in [0, 0.1) is 0 Å². The van der Waals surface area contributed by atoms with Crippen molar-refractivity contribution in [3.8, 4) is 0 Å². The van der Waals surface area contributed by atoms with Crippen molar-refractivity contribution in [2.75, 3.05) is 0 Å². The molecule has 0 aliphatic heterocycles. The van der Waals surface area contributed by atoms with Crippen LogP contribution in [0.4, 0.5) is 0 Å². The summed E-state index contributed by atoms with van der Waals surface area (Å²) in [5.41, 5.74) is 0. The Balaban J connectivity index is -0.0000000750. The second kappa shape index (κ2) is 44.2. The quantitative estimate of drug-likeness (QED) is 0.551. The normalized spacial score (nSPS) is 5.40. The lowest BCUT2D eigenvalue weighted by molar-refractivity contribution is -0.123. The molecule has 0 radical (unpaired) electrons. The summed E-state index contributed by atoms with van der Waals surface area (Å²) in [6.45, 7) is 3.86. The first kappa shape index (κ1) is 16.0. The Bertz CT molecular complexity index is 45.7. The molecule has 0 saturated heterocycles. The molecule has 4 nitrogen and oxygen atoms in total. The van der Waals surface area contributed by atoms with Crippen LogP contribution in [0.15, 0.2) is 0 Å². The molecule has 0 aliphatic rings. The summed E-state index contributed by atoms with van der Waals surface area (Å²) >= 11 is 0. The van der Waals surface area contributed by atoms with Crippen molar-refractivity contribution < 1.29 is 19.8 Å². The van der Waals surface area contributed by atoms with E-state index >= 15 is 0 Å². The van der Waals surface area contributed by atoms with Gasteiger partial charge in [0.2, 0.25) is 0 Å². The van der Waals surface area contributed by atoms with E-state index in [2.05, 4.69) is 13.8 Å². The predicted octanol–water partition coefficient (Wildman–Crippen LogP) is 1.21. The van der Waals surface area contributed by atoms with Crippen molar-refractivity contribution >= 4 is 12.9 Å².